The molecule has 0 spiro atoms. The molecular weight excluding hydrogens is 360 g/mol. The van der Waals surface area contributed by atoms with Crippen LogP contribution in [0.1, 0.15) is 46.6 Å². The Morgan fingerprint density at radius 2 is 2.15 bits per heavy atom. The molecule has 3 rings (SSSR count). The maximum Gasteiger partial charge on any atom is 0.263 e. The number of amides is 2. The molecular formula is C21H26N2O3S. The molecule has 0 aliphatic carbocycles. The van der Waals surface area contributed by atoms with Crippen LogP contribution < -0.4 is 10.1 Å². The molecule has 5 nitrogen and oxygen atoms in total. The molecule has 1 saturated heterocycles. The molecule has 1 fully saturated rings. The Balaban J connectivity index is 1.65. The highest BCUT2D eigenvalue weighted by molar-refractivity contribution is 7.12. The van der Waals surface area contributed by atoms with Crippen LogP contribution in [0.4, 0.5) is 0 Å². The quantitative estimate of drug-likeness (QED) is 0.850. The number of rotatable bonds is 5. The lowest BCUT2D eigenvalue weighted by molar-refractivity contribution is -0.127. The second-order valence-electron chi connectivity index (χ2n) is 7.04. The molecule has 144 valence electrons. The Bertz CT molecular complexity index is 804. The highest BCUT2D eigenvalue weighted by Gasteiger charge is 2.30. The van der Waals surface area contributed by atoms with Crippen molar-refractivity contribution >= 4 is 23.2 Å². The van der Waals surface area contributed by atoms with E-state index in [0.717, 1.165) is 34.6 Å². The predicted octanol–water partition coefficient (Wildman–Crippen LogP) is 3.79. The van der Waals surface area contributed by atoms with Crippen LogP contribution in [-0.2, 0) is 4.79 Å². The molecule has 1 aromatic heterocycles. The fourth-order valence-electron chi connectivity index (χ4n) is 3.53. The number of hydrogen-bond acceptors (Lipinski definition) is 4. The number of likely N-dealkylation sites (tertiary alicyclic amines) is 1. The molecule has 1 N–H and O–H groups in total. The van der Waals surface area contributed by atoms with Gasteiger partial charge in [0.2, 0.25) is 5.91 Å². The van der Waals surface area contributed by atoms with Crippen LogP contribution in [0, 0.1) is 12.8 Å². The van der Waals surface area contributed by atoms with Gasteiger partial charge in [0.1, 0.15) is 5.75 Å². The summed E-state index contributed by atoms with van der Waals surface area (Å²) in [6.07, 6.45) is 1.65. The van der Waals surface area contributed by atoms with Gasteiger partial charge >= 0.3 is 0 Å². The van der Waals surface area contributed by atoms with E-state index in [9.17, 15) is 9.59 Å². The average molecular weight is 387 g/mol. The van der Waals surface area contributed by atoms with Gasteiger partial charge in [-0.3, -0.25) is 9.59 Å². The monoisotopic (exact) mass is 386 g/mol. The standard InChI is InChI=1S/C21H26N2O3S/c1-14-8-9-18(26-3)17(12-14)15(2)22-20(24)16-6-4-10-23(13-16)21(25)19-7-5-11-27-19/h5,7-9,11-12,15-16H,4,6,10,13H2,1-3H3,(H,22,24). The zero-order chi connectivity index (χ0) is 19.4. The van der Waals surface area contributed by atoms with E-state index in [4.69, 9.17) is 4.74 Å². The van der Waals surface area contributed by atoms with E-state index >= 15 is 0 Å². The number of hydrogen-bond donors (Lipinski definition) is 1. The minimum absolute atomic E-state index is 0.00487. The van der Waals surface area contributed by atoms with E-state index in [1.165, 1.54) is 11.3 Å². The summed E-state index contributed by atoms with van der Waals surface area (Å²) in [5.41, 5.74) is 2.09. The highest BCUT2D eigenvalue weighted by atomic mass is 32.1. The number of carbonyl (C=O) groups is 2. The molecule has 27 heavy (non-hydrogen) atoms. The molecule has 6 heteroatoms. The Morgan fingerprint density at radius 1 is 1.33 bits per heavy atom. The first kappa shape index (κ1) is 19.4. The number of carbonyl (C=O) groups excluding carboxylic acids is 2. The van der Waals surface area contributed by atoms with Crippen LogP contribution in [0.3, 0.4) is 0 Å². The van der Waals surface area contributed by atoms with E-state index in [1.54, 1.807) is 12.0 Å². The predicted molar refractivity (Wildman–Crippen MR) is 107 cm³/mol. The van der Waals surface area contributed by atoms with Crippen LogP contribution >= 0.6 is 11.3 Å². The maximum atomic E-state index is 12.8. The topological polar surface area (TPSA) is 58.6 Å². The second-order valence-corrected chi connectivity index (χ2v) is 7.99. The van der Waals surface area contributed by atoms with Crippen molar-refractivity contribution in [3.8, 4) is 5.75 Å². The summed E-state index contributed by atoms with van der Waals surface area (Å²) in [6, 6.07) is 9.51. The lowest BCUT2D eigenvalue weighted by Crippen LogP contribution is -2.45. The van der Waals surface area contributed by atoms with Crippen molar-refractivity contribution in [3.63, 3.8) is 0 Å². The fraction of sp³-hybridized carbons (Fsp3) is 0.429. The van der Waals surface area contributed by atoms with Crippen LogP contribution in [0.15, 0.2) is 35.7 Å². The van der Waals surface area contributed by atoms with Crippen LogP contribution in [0.2, 0.25) is 0 Å². The third-order valence-corrected chi connectivity index (χ3v) is 5.88. The van der Waals surface area contributed by atoms with Crippen molar-refractivity contribution in [2.24, 2.45) is 5.92 Å². The molecule has 2 heterocycles. The lowest BCUT2D eigenvalue weighted by Gasteiger charge is -2.32. The van der Waals surface area contributed by atoms with Crippen molar-refractivity contribution in [1.29, 1.82) is 0 Å². The van der Waals surface area contributed by atoms with E-state index in [-0.39, 0.29) is 23.8 Å². The Hall–Kier alpha value is -2.34. The first-order chi connectivity index (χ1) is 13.0. The summed E-state index contributed by atoms with van der Waals surface area (Å²) >= 11 is 1.44. The highest BCUT2D eigenvalue weighted by Crippen LogP contribution is 2.27. The van der Waals surface area contributed by atoms with E-state index < -0.39 is 0 Å². The van der Waals surface area contributed by atoms with Crippen molar-refractivity contribution in [2.45, 2.75) is 32.7 Å². The third-order valence-electron chi connectivity index (χ3n) is 5.02. The van der Waals surface area contributed by atoms with Crippen LogP contribution in [0.25, 0.3) is 0 Å². The largest absolute Gasteiger partial charge is 0.496 e. The first-order valence-electron chi connectivity index (χ1n) is 9.27. The minimum atomic E-state index is -0.180. The molecule has 2 amide bonds. The second kappa shape index (κ2) is 8.57. The number of benzene rings is 1. The normalized spacial score (nSPS) is 18.0. The van der Waals surface area contributed by atoms with E-state index in [1.807, 2.05) is 49.6 Å². The fourth-order valence-corrected chi connectivity index (χ4v) is 4.22. The van der Waals surface area contributed by atoms with E-state index in [2.05, 4.69) is 5.32 Å². The van der Waals surface area contributed by atoms with Crippen molar-refractivity contribution < 1.29 is 14.3 Å². The van der Waals surface area contributed by atoms with Crippen molar-refractivity contribution in [3.05, 3.63) is 51.7 Å². The zero-order valence-corrected chi connectivity index (χ0v) is 16.8. The van der Waals surface area contributed by atoms with Crippen LogP contribution in [-0.4, -0.2) is 36.9 Å². The van der Waals surface area contributed by atoms with Gasteiger partial charge < -0.3 is 15.0 Å². The summed E-state index contributed by atoms with van der Waals surface area (Å²) in [4.78, 5) is 27.9. The van der Waals surface area contributed by atoms with Gasteiger partial charge in [-0.1, -0.05) is 23.8 Å². The number of aryl methyl sites for hydroxylation is 1. The molecule has 1 aliphatic rings. The molecule has 2 atom stereocenters. The molecule has 2 aromatic rings. The number of nitrogens with one attached hydrogen (secondary N) is 1. The Labute approximate surface area is 164 Å². The number of methoxy groups -OCH3 is 1. The summed E-state index contributed by atoms with van der Waals surface area (Å²) < 4.78 is 5.44. The summed E-state index contributed by atoms with van der Waals surface area (Å²) in [5.74, 6) is 0.609. The van der Waals surface area contributed by atoms with Gasteiger partial charge in [-0.25, -0.2) is 0 Å². The molecule has 0 saturated carbocycles. The van der Waals surface area contributed by atoms with Crippen molar-refractivity contribution in [1.82, 2.24) is 10.2 Å². The first-order valence-corrected chi connectivity index (χ1v) is 10.1. The molecule has 1 aliphatic heterocycles. The Kier molecular flexibility index (Phi) is 6.16. The number of piperidine rings is 1. The van der Waals surface area contributed by atoms with Crippen LogP contribution in [0.5, 0.6) is 5.75 Å². The van der Waals surface area contributed by atoms with Gasteiger partial charge in [0.05, 0.1) is 23.9 Å². The Morgan fingerprint density at radius 3 is 2.85 bits per heavy atom. The average Bonchev–Trinajstić information content (AvgIpc) is 3.22. The van der Waals surface area contributed by atoms with Gasteiger partial charge in [-0.2, -0.15) is 0 Å². The lowest BCUT2D eigenvalue weighted by atomic mass is 9.96. The zero-order valence-electron chi connectivity index (χ0n) is 16.0. The number of ether oxygens (including phenoxy) is 1. The van der Waals surface area contributed by atoms with Gasteiger partial charge in [0.15, 0.2) is 0 Å². The van der Waals surface area contributed by atoms with Gasteiger partial charge in [0, 0.05) is 18.7 Å². The van der Waals surface area contributed by atoms with Gasteiger partial charge in [-0.15, -0.1) is 11.3 Å². The SMILES string of the molecule is COc1ccc(C)cc1C(C)NC(=O)C1CCCN(C(=O)c2cccs2)C1. The van der Waals surface area contributed by atoms with E-state index in [0.29, 0.717) is 13.1 Å². The minimum Gasteiger partial charge on any atom is -0.496 e. The molecule has 0 bridgehead atoms. The third kappa shape index (κ3) is 4.50. The molecule has 0 radical (unpaired) electrons. The van der Waals surface area contributed by atoms with Crippen molar-refractivity contribution in [2.75, 3.05) is 20.2 Å². The van der Waals surface area contributed by atoms with Gasteiger partial charge in [-0.05, 0) is 44.2 Å². The van der Waals surface area contributed by atoms with Gasteiger partial charge in [0.25, 0.3) is 5.91 Å². The summed E-state index contributed by atoms with van der Waals surface area (Å²) in [6.45, 7) is 5.17. The smallest absolute Gasteiger partial charge is 0.263 e. The number of nitrogens with zero attached hydrogens (tertiary/aromatic N) is 1. The summed E-state index contributed by atoms with van der Waals surface area (Å²) in [7, 11) is 1.64. The molecule has 1 aromatic carbocycles. The number of thiophene rings is 1. The molecule has 2 unspecified atom stereocenters. The maximum absolute atomic E-state index is 12.8. The summed E-state index contributed by atoms with van der Waals surface area (Å²) in [5, 5.41) is 5.01.